The van der Waals surface area contributed by atoms with Crippen LogP contribution in [0.15, 0.2) is 42.5 Å². The van der Waals surface area contributed by atoms with Gasteiger partial charge in [-0.2, -0.15) is 13.2 Å². The highest BCUT2D eigenvalue weighted by Crippen LogP contribution is 2.41. The van der Waals surface area contributed by atoms with Crippen molar-refractivity contribution in [1.82, 2.24) is 4.37 Å². The minimum Gasteiger partial charge on any atom is -0.326 e. The van der Waals surface area contributed by atoms with Crippen molar-refractivity contribution >= 4 is 44.8 Å². The normalized spacial score (nSPS) is 15.0. The van der Waals surface area contributed by atoms with Gasteiger partial charge in [0.1, 0.15) is 0 Å². The van der Waals surface area contributed by atoms with Gasteiger partial charge in [0.2, 0.25) is 5.91 Å². The van der Waals surface area contributed by atoms with Crippen molar-refractivity contribution in [3.05, 3.63) is 53.7 Å². The average Bonchev–Trinajstić information content (AvgIpc) is 3.08. The number of hydrogen-bond acceptors (Lipinski definition) is 4. The first kappa shape index (κ1) is 15.6. The number of nitrogens with one attached hydrogen (secondary N) is 2. The number of aromatic nitrogens is 1. The summed E-state index contributed by atoms with van der Waals surface area (Å²) in [6.45, 7) is 0. The summed E-state index contributed by atoms with van der Waals surface area (Å²) in [5.41, 5.74) is 0.466. The summed E-state index contributed by atoms with van der Waals surface area (Å²) >= 11 is 1.30. The molecule has 3 aromatic rings. The lowest BCUT2D eigenvalue weighted by atomic mass is 10.1. The minimum atomic E-state index is -3.60. The maximum atomic E-state index is 13.8. The van der Waals surface area contributed by atoms with Gasteiger partial charge in [-0.05, 0) is 35.8 Å². The van der Waals surface area contributed by atoms with Gasteiger partial charge in [-0.1, -0.05) is 18.2 Å². The van der Waals surface area contributed by atoms with E-state index in [4.69, 9.17) is 0 Å². The summed E-state index contributed by atoms with van der Waals surface area (Å²) in [6, 6.07) is 11.5. The molecule has 8 heteroatoms. The first-order chi connectivity index (χ1) is 11.9. The second-order valence-corrected chi connectivity index (χ2v) is 6.44. The number of nitrogens with zero attached hydrogens (tertiary/aromatic N) is 1. The molecule has 0 spiro atoms. The van der Waals surface area contributed by atoms with Crippen molar-refractivity contribution in [1.29, 1.82) is 0 Å². The minimum absolute atomic E-state index is 0.0364. The van der Waals surface area contributed by atoms with Crippen molar-refractivity contribution < 1.29 is 18.4 Å². The van der Waals surface area contributed by atoms with Gasteiger partial charge < -0.3 is 10.6 Å². The number of carbonyl (C=O) groups excluding carboxylic acids is 2. The van der Waals surface area contributed by atoms with Crippen LogP contribution >= 0.6 is 11.5 Å². The number of alkyl halides is 2. The SMILES string of the molecule is O=C(Cc1nsc2ccccc12)Nc1ccc2c(c1)C(F)(F)C(=O)N2. The molecule has 5 nitrogen and oxygen atoms in total. The van der Waals surface area contributed by atoms with E-state index >= 15 is 0 Å². The number of benzene rings is 2. The van der Waals surface area contributed by atoms with Gasteiger partial charge in [-0.25, -0.2) is 0 Å². The summed E-state index contributed by atoms with van der Waals surface area (Å²) in [7, 11) is 0. The number of halogens is 2. The number of hydrogen-bond donors (Lipinski definition) is 2. The molecule has 2 heterocycles. The van der Waals surface area contributed by atoms with Crippen LogP contribution in [-0.2, 0) is 21.9 Å². The number of anilines is 2. The Balaban J connectivity index is 1.54. The van der Waals surface area contributed by atoms with Crippen LogP contribution in [0.3, 0.4) is 0 Å². The van der Waals surface area contributed by atoms with Crippen LogP contribution in [0.1, 0.15) is 11.3 Å². The maximum Gasteiger partial charge on any atom is 0.352 e. The van der Waals surface area contributed by atoms with Crippen LogP contribution in [0.2, 0.25) is 0 Å². The van der Waals surface area contributed by atoms with E-state index < -0.39 is 17.4 Å². The van der Waals surface area contributed by atoms with Crippen molar-refractivity contribution in [3.8, 4) is 0 Å². The summed E-state index contributed by atoms with van der Waals surface area (Å²) in [6.07, 6.45) is 0.0364. The van der Waals surface area contributed by atoms with E-state index in [1.165, 1.54) is 23.7 Å². The van der Waals surface area contributed by atoms with Crippen molar-refractivity contribution in [2.24, 2.45) is 0 Å². The van der Waals surface area contributed by atoms with E-state index in [-0.39, 0.29) is 23.7 Å². The Bertz CT molecular complexity index is 1020. The van der Waals surface area contributed by atoms with Gasteiger partial charge in [-0.15, -0.1) is 0 Å². The van der Waals surface area contributed by atoms with Gasteiger partial charge in [0.05, 0.1) is 28.1 Å². The van der Waals surface area contributed by atoms with E-state index in [0.29, 0.717) is 5.69 Å². The van der Waals surface area contributed by atoms with Gasteiger partial charge in [-0.3, -0.25) is 9.59 Å². The molecule has 2 N–H and O–H groups in total. The van der Waals surface area contributed by atoms with E-state index in [9.17, 15) is 18.4 Å². The van der Waals surface area contributed by atoms with Crippen molar-refractivity contribution in [2.45, 2.75) is 12.3 Å². The molecular formula is C17H11F2N3O2S. The summed E-state index contributed by atoms with van der Waals surface area (Å²) in [5, 5.41) is 5.60. The molecule has 1 aliphatic rings. The van der Waals surface area contributed by atoms with Crippen molar-refractivity contribution in [3.63, 3.8) is 0 Å². The third-order valence-corrected chi connectivity index (χ3v) is 4.82. The van der Waals surface area contributed by atoms with Crippen LogP contribution in [0.25, 0.3) is 10.1 Å². The third kappa shape index (κ3) is 2.64. The second-order valence-electron chi connectivity index (χ2n) is 5.64. The lowest BCUT2D eigenvalue weighted by molar-refractivity contribution is -0.139. The predicted octanol–water partition coefficient (Wildman–Crippen LogP) is 3.52. The molecule has 126 valence electrons. The van der Waals surface area contributed by atoms with Gasteiger partial charge >= 0.3 is 5.92 Å². The van der Waals surface area contributed by atoms with Crippen LogP contribution in [0.5, 0.6) is 0 Å². The highest BCUT2D eigenvalue weighted by molar-refractivity contribution is 7.13. The zero-order valence-corrected chi connectivity index (χ0v) is 13.5. The van der Waals surface area contributed by atoms with Gasteiger partial charge in [0.25, 0.3) is 5.91 Å². The van der Waals surface area contributed by atoms with E-state index in [2.05, 4.69) is 15.0 Å². The Labute approximate surface area is 144 Å². The third-order valence-electron chi connectivity index (χ3n) is 3.96. The molecule has 25 heavy (non-hydrogen) atoms. The molecule has 1 aromatic heterocycles. The van der Waals surface area contributed by atoms with Crippen LogP contribution in [-0.4, -0.2) is 16.2 Å². The monoisotopic (exact) mass is 359 g/mol. The molecule has 0 bridgehead atoms. The summed E-state index contributed by atoms with van der Waals surface area (Å²) in [5.74, 6) is -5.32. The van der Waals surface area contributed by atoms with Gasteiger partial charge in [0, 0.05) is 11.1 Å². The molecule has 0 saturated heterocycles. The Morgan fingerprint density at radius 1 is 1.24 bits per heavy atom. The topological polar surface area (TPSA) is 71.1 Å². The molecule has 0 aliphatic carbocycles. The number of fused-ring (bicyclic) bond motifs is 2. The highest BCUT2D eigenvalue weighted by atomic mass is 32.1. The highest BCUT2D eigenvalue weighted by Gasteiger charge is 2.48. The molecule has 2 amide bonds. The Morgan fingerprint density at radius 2 is 2.04 bits per heavy atom. The van der Waals surface area contributed by atoms with Gasteiger partial charge in [0.15, 0.2) is 0 Å². The Kier molecular flexibility index (Phi) is 3.50. The number of rotatable bonds is 3. The lowest BCUT2D eigenvalue weighted by Gasteiger charge is -2.09. The summed E-state index contributed by atoms with van der Waals surface area (Å²) in [4.78, 5) is 23.5. The first-order valence-electron chi connectivity index (χ1n) is 7.42. The fourth-order valence-corrected chi connectivity index (χ4v) is 3.53. The van der Waals surface area contributed by atoms with E-state index in [1.54, 1.807) is 0 Å². The fourth-order valence-electron chi connectivity index (χ4n) is 2.74. The van der Waals surface area contributed by atoms with E-state index in [0.717, 1.165) is 16.2 Å². The zero-order valence-electron chi connectivity index (χ0n) is 12.7. The largest absolute Gasteiger partial charge is 0.352 e. The van der Waals surface area contributed by atoms with Crippen LogP contribution < -0.4 is 10.6 Å². The van der Waals surface area contributed by atoms with E-state index in [1.807, 2.05) is 24.3 Å². The smallest absolute Gasteiger partial charge is 0.326 e. The average molecular weight is 359 g/mol. The molecule has 4 rings (SSSR count). The molecule has 0 unspecified atom stereocenters. The predicted molar refractivity (Wildman–Crippen MR) is 90.9 cm³/mol. The van der Waals surface area contributed by atoms with Crippen molar-refractivity contribution in [2.75, 3.05) is 10.6 Å². The van der Waals surface area contributed by atoms with Crippen LogP contribution in [0.4, 0.5) is 20.2 Å². The fraction of sp³-hybridized carbons (Fsp3) is 0.118. The molecule has 1 aliphatic heterocycles. The molecule has 2 aromatic carbocycles. The molecule has 0 radical (unpaired) electrons. The quantitative estimate of drug-likeness (QED) is 0.752. The van der Waals surface area contributed by atoms with Crippen LogP contribution in [0, 0.1) is 0 Å². The second kappa shape index (κ2) is 5.59. The number of carbonyl (C=O) groups is 2. The number of amides is 2. The maximum absolute atomic E-state index is 13.8. The Morgan fingerprint density at radius 3 is 2.88 bits per heavy atom. The standard InChI is InChI=1S/C17H11F2N3O2S/c18-17(19)11-7-9(5-6-12(11)21-16(17)24)20-15(23)8-13-10-3-1-2-4-14(10)25-22-13/h1-7H,8H2,(H,20,23)(H,21,24). The zero-order chi connectivity index (χ0) is 17.6. The Hall–Kier alpha value is -2.87. The summed E-state index contributed by atoms with van der Waals surface area (Å²) < 4.78 is 32.8. The molecule has 0 saturated carbocycles. The lowest BCUT2D eigenvalue weighted by Crippen LogP contribution is -2.24. The first-order valence-corrected chi connectivity index (χ1v) is 8.19. The molecule has 0 atom stereocenters. The molecular weight excluding hydrogens is 348 g/mol. The molecule has 0 fully saturated rings.